The second-order valence-corrected chi connectivity index (χ2v) is 5.69. The molecule has 0 spiro atoms. The highest BCUT2D eigenvalue weighted by molar-refractivity contribution is 9.10. The third-order valence-electron chi connectivity index (χ3n) is 1.75. The van der Waals surface area contributed by atoms with Gasteiger partial charge in [0.25, 0.3) is 0 Å². The molecule has 8 heteroatoms. The van der Waals surface area contributed by atoms with E-state index in [0.29, 0.717) is 22.7 Å². The first-order chi connectivity index (χ1) is 7.40. The molecule has 0 aromatic carbocycles. The van der Waals surface area contributed by atoms with Crippen molar-refractivity contribution in [1.29, 1.82) is 0 Å². The molecule has 1 rings (SSSR count). The number of primary sulfonamides is 1. The molecular weight excluding hydrogens is 296 g/mol. The van der Waals surface area contributed by atoms with Crippen molar-refractivity contribution in [1.82, 2.24) is 9.97 Å². The van der Waals surface area contributed by atoms with Gasteiger partial charge in [-0.15, -0.1) is 0 Å². The second-order valence-electron chi connectivity index (χ2n) is 3.14. The Morgan fingerprint density at radius 3 is 2.75 bits per heavy atom. The molecule has 0 saturated carbocycles. The first kappa shape index (κ1) is 13.3. The van der Waals surface area contributed by atoms with Crippen molar-refractivity contribution < 1.29 is 8.42 Å². The average molecular weight is 309 g/mol. The van der Waals surface area contributed by atoms with Gasteiger partial charge in [-0.3, -0.25) is 0 Å². The normalized spacial score (nSPS) is 11.4. The Morgan fingerprint density at radius 1 is 1.50 bits per heavy atom. The van der Waals surface area contributed by atoms with Crippen LogP contribution in [0.15, 0.2) is 10.7 Å². The topological polar surface area (TPSA) is 98.0 Å². The summed E-state index contributed by atoms with van der Waals surface area (Å²) in [6.07, 6.45) is 0.712. The van der Waals surface area contributed by atoms with Crippen LogP contribution >= 0.6 is 15.9 Å². The number of nitrogens with two attached hydrogens (primary N) is 1. The smallest absolute Gasteiger partial charge is 0.210 e. The van der Waals surface area contributed by atoms with Crippen LogP contribution < -0.4 is 10.5 Å². The van der Waals surface area contributed by atoms with E-state index in [2.05, 4.69) is 31.2 Å². The fraction of sp³-hybridized carbons (Fsp3) is 0.500. The van der Waals surface area contributed by atoms with E-state index in [-0.39, 0.29) is 12.3 Å². The Balaban J connectivity index is 2.63. The standard InChI is InChI=1S/C8H13BrN4O2S/c1-2-7-12-6(9)5-8(13-7)11-3-4-16(10,14)15/h5H,2-4H2,1H3,(H2,10,14,15)(H,11,12,13). The van der Waals surface area contributed by atoms with Gasteiger partial charge in [0, 0.05) is 19.0 Å². The van der Waals surface area contributed by atoms with Crippen LogP contribution in [-0.2, 0) is 16.4 Å². The van der Waals surface area contributed by atoms with Gasteiger partial charge >= 0.3 is 0 Å². The highest BCUT2D eigenvalue weighted by Crippen LogP contribution is 2.12. The summed E-state index contributed by atoms with van der Waals surface area (Å²) >= 11 is 3.25. The van der Waals surface area contributed by atoms with Gasteiger partial charge in [0.05, 0.1) is 5.75 Å². The van der Waals surface area contributed by atoms with E-state index in [9.17, 15) is 8.42 Å². The summed E-state index contributed by atoms with van der Waals surface area (Å²) in [5.41, 5.74) is 0. The number of hydrogen-bond acceptors (Lipinski definition) is 5. The summed E-state index contributed by atoms with van der Waals surface area (Å²) in [6, 6.07) is 1.68. The Morgan fingerprint density at radius 2 is 2.19 bits per heavy atom. The molecule has 0 saturated heterocycles. The fourth-order valence-electron chi connectivity index (χ4n) is 1.03. The summed E-state index contributed by atoms with van der Waals surface area (Å²) < 4.78 is 22.1. The van der Waals surface area contributed by atoms with Crippen molar-refractivity contribution in [2.45, 2.75) is 13.3 Å². The lowest BCUT2D eigenvalue weighted by molar-refractivity contribution is 0.598. The summed E-state index contributed by atoms with van der Waals surface area (Å²) in [5.74, 6) is 1.14. The Bertz CT molecular complexity index is 463. The molecule has 0 atom stereocenters. The molecule has 0 bridgehead atoms. The maximum absolute atomic E-state index is 10.7. The van der Waals surface area contributed by atoms with Gasteiger partial charge in [-0.2, -0.15) is 0 Å². The number of aryl methyl sites for hydroxylation is 1. The number of nitrogens with zero attached hydrogens (tertiary/aromatic N) is 2. The van der Waals surface area contributed by atoms with Crippen LogP contribution in [0.5, 0.6) is 0 Å². The maximum Gasteiger partial charge on any atom is 0.210 e. The zero-order valence-corrected chi connectivity index (χ0v) is 11.2. The van der Waals surface area contributed by atoms with Gasteiger partial charge in [0.2, 0.25) is 10.0 Å². The molecule has 0 aliphatic rings. The number of hydrogen-bond donors (Lipinski definition) is 2. The number of sulfonamides is 1. The van der Waals surface area contributed by atoms with Crippen molar-refractivity contribution in [2.75, 3.05) is 17.6 Å². The maximum atomic E-state index is 10.7. The molecule has 0 aliphatic heterocycles. The van der Waals surface area contributed by atoms with E-state index in [1.165, 1.54) is 0 Å². The van der Waals surface area contributed by atoms with Crippen LogP contribution in [-0.4, -0.2) is 30.7 Å². The van der Waals surface area contributed by atoms with Crippen LogP contribution in [0.3, 0.4) is 0 Å². The first-order valence-corrected chi connectivity index (χ1v) is 7.19. The number of anilines is 1. The quantitative estimate of drug-likeness (QED) is 0.772. The molecular formula is C8H13BrN4O2S. The first-order valence-electron chi connectivity index (χ1n) is 4.68. The highest BCUT2D eigenvalue weighted by atomic mass is 79.9. The second kappa shape index (κ2) is 5.55. The lowest BCUT2D eigenvalue weighted by Gasteiger charge is -2.06. The van der Waals surface area contributed by atoms with E-state index < -0.39 is 10.0 Å². The van der Waals surface area contributed by atoms with E-state index in [1.54, 1.807) is 6.07 Å². The SMILES string of the molecule is CCc1nc(Br)cc(NCCS(N)(=O)=O)n1. The molecule has 0 fully saturated rings. The predicted molar refractivity (Wildman–Crippen MR) is 65.6 cm³/mol. The predicted octanol–water partition coefficient (Wildman–Crippen LogP) is 0.502. The van der Waals surface area contributed by atoms with E-state index in [1.807, 2.05) is 6.92 Å². The molecule has 90 valence electrons. The molecule has 0 aliphatic carbocycles. The molecule has 6 nitrogen and oxygen atoms in total. The van der Waals surface area contributed by atoms with Gasteiger partial charge in [0.15, 0.2) is 0 Å². The third kappa shape index (κ3) is 4.86. The number of nitrogens with one attached hydrogen (secondary N) is 1. The number of halogens is 1. The Hall–Kier alpha value is -0.730. The molecule has 0 amide bonds. The van der Waals surface area contributed by atoms with E-state index in [4.69, 9.17) is 5.14 Å². The summed E-state index contributed by atoms with van der Waals surface area (Å²) in [7, 11) is -3.44. The number of rotatable bonds is 5. The van der Waals surface area contributed by atoms with Crippen molar-refractivity contribution >= 4 is 31.8 Å². The van der Waals surface area contributed by atoms with Crippen molar-refractivity contribution in [2.24, 2.45) is 5.14 Å². The minimum Gasteiger partial charge on any atom is -0.369 e. The van der Waals surface area contributed by atoms with Crippen molar-refractivity contribution in [3.05, 3.63) is 16.5 Å². The Kier molecular flexibility index (Phi) is 4.63. The van der Waals surface area contributed by atoms with Gasteiger partial charge in [-0.1, -0.05) is 6.92 Å². The summed E-state index contributed by atoms with van der Waals surface area (Å²) in [6.45, 7) is 2.17. The van der Waals surface area contributed by atoms with E-state index in [0.717, 1.165) is 0 Å². The van der Waals surface area contributed by atoms with Crippen LogP contribution in [0.25, 0.3) is 0 Å². The van der Waals surface area contributed by atoms with Gasteiger partial charge in [-0.25, -0.2) is 23.5 Å². The van der Waals surface area contributed by atoms with Gasteiger partial charge in [-0.05, 0) is 15.9 Å². The zero-order chi connectivity index (χ0) is 12.2. The molecule has 16 heavy (non-hydrogen) atoms. The van der Waals surface area contributed by atoms with Crippen LogP contribution in [0.1, 0.15) is 12.7 Å². The van der Waals surface area contributed by atoms with Crippen LogP contribution in [0.4, 0.5) is 5.82 Å². The highest BCUT2D eigenvalue weighted by Gasteiger charge is 2.04. The lowest BCUT2D eigenvalue weighted by atomic mass is 10.4. The third-order valence-corrected chi connectivity index (χ3v) is 2.93. The minimum absolute atomic E-state index is 0.129. The molecule has 1 aromatic heterocycles. The lowest BCUT2D eigenvalue weighted by Crippen LogP contribution is -2.22. The largest absolute Gasteiger partial charge is 0.369 e. The monoisotopic (exact) mass is 308 g/mol. The minimum atomic E-state index is -3.44. The molecule has 0 radical (unpaired) electrons. The molecule has 0 unspecified atom stereocenters. The molecule has 3 N–H and O–H groups in total. The molecule has 1 aromatic rings. The van der Waals surface area contributed by atoms with Gasteiger partial charge in [0.1, 0.15) is 16.2 Å². The fourth-order valence-corrected chi connectivity index (χ4v) is 1.84. The van der Waals surface area contributed by atoms with E-state index >= 15 is 0 Å². The summed E-state index contributed by atoms with van der Waals surface area (Å²) in [4.78, 5) is 8.32. The Labute approximate surface area is 103 Å². The zero-order valence-electron chi connectivity index (χ0n) is 8.77. The number of aromatic nitrogens is 2. The van der Waals surface area contributed by atoms with Crippen LogP contribution in [0, 0.1) is 0 Å². The molecule has 1 heterocycles. The van der Waals surface area contributed by atoms with Crippen molar-refractivity contribution in [3.63, 3.8) is 0 Å². The summed E-state index contributed by atoms with van der Waals surface area (Å²) in [5, 5.41) is 7.75. The van der Waals surface area contributed by atoms with Gasteiger partial charge < -0.3 is 5.32 Å². The average Bonchev–Trinajstić information content (AvgIpc) is 2.14. The van der Waals surface area contributed by atoms with Crippen LogP contribution in [0.2, 0.25) is 0 Å². The van der Waals surface area contributed by atoms with Crippen molar-refractivity contribution in [3.8, 4) is 0 Å².